The van der Waals surface area contributed by atoms with Gasteiger partial charge in [-0.2, -0.15) is 0 Å². The van der Waals surface area contributed by atoms with E-state index in [0.29, 0.717) is 42.7 Å². The molecule has 0 saturated heterocycles. The van der Waals surface area contributed by atoms with Crippen molar-refractivity contribution in [3.8, 4) is 16.9 Å². The van der Waals surface area contributed by atoms with E-state index < -0.39 is 11.6 Å². The molecule has 4 aromatic rings. The van der Waals surface area contributed by atoms with Crippen LogP contribution in [0, 0.1) is 0 Å². The lowest BCUT2D eigenvalue weighted by Crippen LogP contribution is -2.52. The summed E-state index contributed by atoms with van der Waals surface area (Å²) in [6.07, 6.45) is 2.52. The number of rotatable bonds is 14. The third-order valence-electron chi connectivity index (χ3n) is 7.46. The maximum absolute atomic E-state index is 14.0. The van der Waals surface area contributed by atoms with Crippen molar-refractivity contribution < 1.29 is 19.4 Å². The molecule has 3 N–H and O–H groups in total. The van der Waals surface area contributed by atoms with Crippen LogP contribution in [-0.4, -0.2) is 42.2 Å². The van der Waals surface area contributed by atoms with Crippen molar-refractivity contribution >= 4 is 23.4 Å². The smallest absolute Gasteiger partial charge is 0.266 e. The molecular formula is C36H36ClN3O4. The topological polar surface area (TPSA) is 92.2 Å². The van der Waals surface area contributed by atoms with E-state index >= 15 is 0 Å². The maximum Gasteiger partial charge on any atom is 0.266 e. The van der Waals surface area contributed by atoms with Gasteiger partial charge in [-0.05, 0) is 65.1 Å². The average molecular weight is 610 g/mol. The molecule has 0 aromatic heterocycles. The zero-order chi connectivity index (χ0) is 30.8. The zero-order valence-electron chi connectivity index (χ0n) is 24.4. The van der Waals surface area contributed by atoms with E-state index in [4.69, 9.17) is 31.2 Å². The normalized spacial score (nSPS) is 17.4. The summed E-state index contributed by atoms with van der Waals surface area (Å²) >= 11 is 6.01. The van der Waals surface area contributed by atoms with Crippen molar-refractivity contribution in [3.63, 3.8) is 0 Å². The first-order valence-corrected chi connectivity index (χ1v) is 15.0. The molecule has 7 nitrogen and oxygen atoms in total. The number of aliphatic hydroxyl groups excluding tert-OH is 1. The van der Waals surface area contributed by atoms with E-state index in [1.165, 1.54) is 0 Å². The van der Waals surface area contributed by atoms with Crippen molar-refractivity contribution in [1.29, 1.82) is 0 Å². The van der Waals surface area contributed by atoms with Gasteiger partial charge in [0.05, 0.1) is 6.61 Å². The Morgan fingerprint density at radius 1 is 0.955 bits per heavy atom. The number of halogens is 1. The molecule has 0 saturated carbocycles. The number of ether oxygens (including phenoxy) is 2. The van der Waals surface area contributed by atoms with Gasteiger partial charge >= 0.3 is 0 Å². The number of hydrogen-bond acceptors (Lipinski definition) is 6. The van der Waals surface area contributed by atoms with Gasteiger partial charge in [0.1, 0.15) is 5.75 Å². The van der Waals surface area contributed by atoms with E-state index in [-0.39, 0.29) is 18.9 Å². The summed E-state index contributed by atoms with van der Waals surface area (Å²) in [7, 11) is 0. The first kappa shape index (κ1) is 31.0. The minimum atomic E-state index is -1.30. The highest BCUT2D eigenvalue weighted by molar-refractivity contribution is 6.30. The molecule has 0 aliphatic carbocycles. The van der Waals surface area contributed by atoms with Crippen LogP contribution < -0.4 is 15.6 Å². The molecule has 1 amide bonds. The number of hydrazine groups is 1. The van der Waals surface area contributed by atoms with Crippen LogP contribution in [0.25, 0.3) is 11.1 Å². The van der Waals surface area contributed by atoms with Crippen molar-refractivity contribution in [2.45, 2.75) is 30.9 Å². The molecule has 44 heavy (non-hydrogen) atoms. The SMILES string of the molecule is C=CC[C@]1(C(=O)NNCCc2ccc(Cl)cc2)N=C(c2ccc(OCCCO)cc2)O[C@H]1c1ccc(-c2ccccc2)cc1. The lowest BCUT2D eigenvalue weighted by molar-refractivity contribution is -0.129. The molecule has 1 aliphatic heterocycles. The predicted molar refractivity (Wildman–Crippen MR) is 175 cm³/mol. The Bertz CT molecular complexity index is 1560. The van der Waals surface area contributed by atoms with Gasteiger partial charge in [-0.25, -0.2) is 10.4 Å². The highest BCUT2D eigenvalue weighted by Gasteiger charge is 2.52. The van der Waals surface area contributed by atoms with Crippen LogP contribution in [0.5, 0.6) is 5.75 Å². The van der Waals surface area contributed by atoms with Gasteiger partial charge in [-0.3, -0.25) is 10.2 Å². The summed E-state index contributed by atoms with van der Waals surface area (Å²) < 4.78 is 12.2. The van der Waals surface area contributed by atoms with Crippen LogP contribution in [0.2, 0.25) is 5.02 Å². The minimum Gasteiger partial charge on any atom is -0.494 e. The van der Waals surface area contributed by atoms with Gasteiger partial charge in [0, 0.05) is 36.6 Å². The molecule has 1 heterocycles. The summed E-state index contributed by atoms with van der Waals surface area (Å²) in [6, 6.07) is 33.2. The molecular weight excluding hydrogens is 574 g/mol. The van der Waals surface area contributed by atoms with Crippen LogP contribution in [-0.2, 0) is 16.0 Å². The Labute approximate surface area is 263 Å². The highest BCUT2D eigenvalue weighted by atomic mass is 35.5. The molecule has 0 radical (unpaired) electrons. The molecule has 8 heteroatoms. The number of carbonyl (C=O) groups is 1. The summed E-state index contributed by atoms with van der Waals surface area (Å²) in [6.45, 7) is 4.96. The quantitative estimate of drug-likeness (QED) is 0.0866. The number of nitrogens with zero attached hydrogens (tertiary/aromatic N) is 1. The fourth-order valence-electron chi connectivity index (χ4n) is 5.13. The van der Waals surface area contributed by atoms with E-state index in [0.717, 1.165) is 27.8 Å². The van der Waals surface area contributed by atoms with Gasteiger partial charge in [0.2, 0.25) is 5.90 Å². The van der Waals surface area contributed by atoms with Gasteiger partial charge < -0.3 is 14.6 Å². The molecule has 0 fully saturated rings. The Balaban J connectivity index is 1.40. The number of nitrogens with one attached hydrogen (secondary N) is 2. The maximum atomic E-state index is 14.0. The second kappa shape index (κ2) is 14.8. The zero-order valence-corrected chi connectivity index (χ0v) is 25.2. The summed E-state index contributed by atoms with van der Waals surface area (Å²) in [5.41, 5.74) is 9.47. The molecule has 5 rings (SSSR count). The van der Waals surface area contributed by atoms with E-state index in [2.05, 4.69) is 29.6 Å². The van der Waals surface area contributed by atoms with Crippen molar-refractivity contribution in [2.75, 3.05) is 19.8 Å². The molecule has 1 aliphatic rings. The van der Waals surface area contributed by atoms with Crippen molar-refractivity contribution in [2.24, 2.45) is 4.99 Å². The monoisotopic (exact) mass is 609 g/mol. The Morgan fingerprint density at radius 3 is 2.32 bits per heavy atom. The highest BCUT2D eigenvalue weighted by Crippen LogP contribution is 2.43. The van der Waals surface area contributed by atoms with Crippen LogP contribution in [0.1, 0.15) is 35.6 Å². The molecule has 226 valence electrons. The standard InChI is InChI=1S/C36H36ClN3O4/c1-2-22-36(35(42)40-38-23-21-26-9-17-31(37)18-10-26)33(29-13-11-28(12-14-29)27-7-4-3-5-8-27)44-34(39-36)30-15-19-32(20-16-30)43-25-6-24-41/h2-5,7-20,33,38,41H,1,6,21-25H2,(H,40,42)/t33-,36-/m0/s1. The van der Waals surface area contributed by atoms with Gasteiger partial charge in [-0.1, -0.05) is 84.4 Å². The fraction of sp³-hybridized carbons (Fsp3) is 0.222. The number of aliphatic hydroxyl groups is 1. The van der Waals surface area contributed by atoms with Gasteiger partial charge in [0.25, 0.3) is 5.91 Å². The van der Waals surface area contributed by atoms with Gasteiger partial charge in [0.15, 0.2) is 11.6 Å². The molecule has 0 spiro atoms. The minimum absolute atomic E-state index is 0.0693. The predicted octanol–water partition coefficient (Wildman–Crippen LogP) is 6.46. The molecule has 0 bridgehead atoms. The second-order valence-corrected chi connectivity index (χ2v) is 11.0. The first-order valence-electron chi connectivity index (χ1n) is 14.7. The van der Waals surface area contributed by atoms with Crippen molar-refractivity contribution in [1.82, 2.24) is 10.9 Å². The van der Waals surface area contributed by atoms with Crippen LogP contribution in [0.4, 0.5) is 0 Å². The number of aliphatic imine (C=N–C) groups is 1. The Morgan fingerprint density at radius 2 is 1.64 bits per heavy atom. The lowest BCUT2D eigenvalue weighted by Gasteiger charge is -2.29. The number of amides is 1. The Hall–Kier alpha value is -4.43. The molecule has 2 atom stereocenters. The first-order chi connectivity index (χ1) is 21.5. The Kier molecular flexibility index (Phi) is 10.5. The van der Waals surface area contributed by atoms with Crippen molar-refractivity contribution in [3.05, 3.63) is 137 Å². The fourth-order valence-corrected chi connectivity index (χ4v) is 5.25. The van der Waals surface area contributed by atoms with E-state index in [9.17, 15) is 4.79 Å². The van der Waals surface area contributed by atoms with Crippen LogP contribution >= 0.6 is 11.6 Å². The molecule has 4 aromatic carbocycles. The summed E-state index contributed by atoms with van der Waals surface area (Å²) in [5.74, 6) is 0.723. The second-order valence-electron chi connectivity index (χ2n) is 10.5. The average Bonchev–Trinajstić information content (AvgIpc) is 3.45. The third-order valence-corrected chi connectivity index (χ3v) is 7.71. The third kappa shape index (κ3) is 7.37. The van der Waals surface area contributed by atoms with Crippen LogP contribution in [0.15, 0.2) is 121 Å². The lowest BCUT2D eigenvalue weighted by atomic mass is 9.84. The molecule has 0 unspecified atom stereocenters. The van der Waals surface area contributed by atoms with E-state index in [1.807, 2.05) is 91.0 Å². The van der Waals surface area contributed by atoms with Crippen LogP contribution in [0.3, 0.4) is 0 Å². The number of carbonyl (C=O) groups excluding carboxylic acids is 1. The van der Waals surface area contributed by atoms with Gasteiger partial charge in [-0.15, -0.1) is 6.58 Å². The van der Waals surface area contributed by atoms with E-state index in [1.54, 1.807) is 6.08 Å². The number of hydrogen-bond donors (Lipinski definition) is 3. The number of benzene rings is 4. The summed E-state index contributed by atoms with van der Waals surface area (Å²) in [5, 5.41) is 9.71. The largest absolute Gasteiger partial charge is 0.494 e. The summed E-state index contributed by atoms with van der Waals surface area (Å²) in [4.78, 5) is 18.9.